The molecule has 0 radical (unpaired) electrons. The molecule has 0 heterocycles. The number of sulfonamides is 1. The Balaban J connectivity index is 2.10. The normalized spacial score (nSPS) is 17.1. The molecule has 112 valence electrons. The van der Waals surface area contributed by atoms with Gasteiger partial charge in [0, 0.05) is 19.3 Å². The molecular weight excluding hydrogens is 274 g/mol. The SMILES string of the molecule is CN(CC1CCCCC1)c1ccc(S(N)(=O)=O)c(N)c1. The van der Waals surface area contributed by atoms with Gasteiger partial charge in [-0.25, -0.2) is 13.6 Å². The van der Waals surface area contributed by atoms with Gasteiger partial charge in [-0.2, -0.15) is 0 Å². The molecule has 1 aliphatic rings. The summed E-state index contributed by atoms with van der Waals surface area (Å²) in [4.78, 5) is 2.13. The Labute approximate surface area is 121 Å². The zero-order valence-corrected chi connectivity index (χ0v) is 12.7. The van der Waals surface area contributed by atoms with Crippen molar-refractivity contribution in [3.63, 3.8) is 0 Å². The number of nitrogens with two attached hydrogens (primary N) is 2. The van der Waals surface area contributed by atoms with Gasteiger partial charge in [-0.15, -0.1) is 0 Å². The lowest BCUT2D eigenvalue weighted by Crippen LogP contribution is -2.27. The minimum absolute atomic E-state index is 0.00711. The van der Waals surface area contributed by atoms with Crippen molar-refractivity contribution in [2.75, 3.05) is 24.2 Å². The summed E-state index contributed by atoms with van der Waals surface area (Å²) in [5.41, 5.74) is 6.93. The van der Waals surface area contributed by atoms with E-state index in [1.165, 1.54) is 38.2 Å². The van der Waals surface area contributed by atoms with Gasteiger partial charge in [0.15, 0.2) is 0 Å². The molecule has 1 aliphatic carbocycles. The zero-order valence-electron chi connectivity index (χ0n) is 11.9. The summed E-state index contributed by atoms with van der Waals surface area (Å²) in [7, 11) is -1.73. The molecule has 0 aromatic heterocycles. The summed E-state index contributed by atoms with van der Waals surface area (Å²) in [6, 6.07) is 4.93. The van der Waals surface area contributed by atoms with Crippen LogP contribution in [-0.2, 0) is 10.0 Å². The molecule has 1 aromatic carbocycles. The Morgan fingerprint density at radius 2 is 1.90 bits per heavy atom. The van der Waals surface area contributed by atoms with Gasteiger partial charge in [0.25, 0.3) is 0 Å². The number of rotatable bonds is 4. The van der Waals surface area contributed by atoms with E-state index in [-0.39, 0.29) is 10.6 Å². The van der Waals surface area contributed by atoms with Crippen molar-refractivity contribution in [3.8, 4) is 0 Å². The van der Waals surface area contributed by atoms with E-state index in [4.69, 9.17) is 10.9 Å². The lowest BCUT2D eigenvalue weighted by Gasteiger charge is -2.28. The van der Waals surface area contributed by atoms with Crippen molar-refractivity contribution in [2.45, 2.75) is 37.0 Å². The van der Waals surface area contributed by atoms with Crippen LogP contribution in [0.1, 0.15) is 32.1 Å². The van der Waals surface area contributed by atoms with E-state index < -0.39 is 10.0 Å². The second-order valence-corrected chi connectivity index (χ2v) is 7.18. The van der Waals surface area contributed by atoms with Crippen LogP contribution in [0.2, 0.25) is 0 Å². The van der Waals surface area contributed by atoms with Crippen LogP contribution in [0.25, 0.3) is 0 Å². The summed E-state index contributed by atoms with van der Waals surface area (Å²) < 4.78 is 22.7. The number of hydrogen-bond acceptors (Lipinski definition) is 4. The molecule has 4 N–H and O–H groups in total. The number of anilines is 2. The van der Waals surface area contributed by atoms with Gasteiger partial charge in [0.2, 0.25) is 10.0 Å². The largest absolute Gasteiger partial charge is 0.398 e. The van der Waals surface area contributed by atoms with Gasteiger partial charge in [0.1, 0.15) is 4.90 Å². The molecule has 0 spiro atoms. The van der Waals surface area contributed by atoms with Crippen LogP contribution in [0.3, 0.4) is 0 Å². The quantitative estimate of drug-likeness (QED) is 0.831. The van der Waals surface area contributed by atoms with Crippen molar-refractivity contribution in [3.05, 3.63) is 18.2 Å². The summed E-state index contributed by atoms with van der Waals surface area (Å²) in [6.45, 7) is 0.980. The van der Waals surface area contributed by atoms with E-state index in [9.17, 15) is 8.42 Å². The highest BCUT2D eigenvalue weighted by atomic mass is 32.2. The Morgan fingerprint density at radius 3 is 2.45 bits per heavy atom. The molecule has 0 aliphatic heterocycles. The van der Waals surface area contributed by atoms with Crippen molar-refractivity contribution in [1.82, 2.24) is 0 Å². The molecule has 1 saturated carbocycles. The molecule has 1 aromatic rings. The molecule has 6 heteroatoms. The highest BCUT2D eigenvalue weighted by Gasteiger charge is 2.17. The molecule has 20 heavy (non-hydrogen) atoms. The minimum Gasteiger partial charge on any atom is -0.398 e. The van der Waals surface area contributed by atoms with Crippen LogP contribution in [-0.4, -0.2) is 22.0 Å². The van der Waals surface area contributed by atoms with Gasteiger partial charge in [0.05, 0.1) is 5.69 Å². The van der Waals surface area contributed by atoms with Crippen molar-refractivity contribution >= 4 is 21.4 Å². The third-order valence-corrected chi connectivity index (χ3v) is 4.98. The van der Waals surface area contributed by atoms with Gasteiger partial charge < -0.3 is 10.6 Å². The summed E-state index contributed by atoms with van der Waals surface area (Å²) in [5.74, 6) is 0.716. The van der Waals surface area contributed by atoms with Crippen LogP contribution >= 0.6 is 0 Å². The second-order valence-electron chi connectivity index (χ2n) is 5.65. The molecule has 2 rings (SSSR count). The summed E-state index contributed by atoms with van der Waals surface area (Å²) in [5, 5.41) is 5.11. The van der Waals surface area contributed by atoms with E-state index in [0.29, 0.717) is 5.92 Å². The first-order valence-electron chi connectivity index (χ1n) is 7.01. The second kappa shape index (κ2) is 6.01. The smallest absolute Gasteiger partial charge is 0.240 e. The Kier molecular flexibility index (Phi) is 4.55. The van der Waals surface area contributed by atoms with Crippen molar-refractivity contribution in [1.29, 1.82) is 0 Å². The third-order valence-electron chi connectivity index (χ3n) is 4.00. The van der Waals surface area contributed by atoms with E-state index >= 15 is 0 Å². The molecule has 0 amide bonds. The molecule has 5 nitrogen and oxygen atoms in total. The number of primary sulfonamides is 1. The summed E-state index contributed by atoms with van der Waals surface area (Å²) >= 11 is 0. The maximum Gasteiger partial charge on any atom is 0.240 e. The highest BCUT2D eigenvalue weighted by Crippen LogP contribution is 2.28. The van der Waals surface area contributed by atoms with Crippen LogP contribution in [0, 0.1) is 5.92 Å². The van der Waals surface area contributed by atoms with Crippen LogP contribution in [0.4, 0.5) is 11.4 Å². The first-order valence-corrected chi connectivity index (χ1v) is 8.56. The Hall–Kier alpha value is -1.27. The number of nitrogens with zero attached hydrogens (tertiary/aromatic N) is 1. The summed E-state index contributed by atoms with van der Waals surface area (Å²) in [6.07, 6.45) is 6.51. The molecule has 1 fully saturated rings. The number of hydrogen-bond donors (Lipinski definition) is 2. The minimum atomic E-state index is -3.75. The van der Waals surface area contributed by atoms with Gasteiger partial charge >= 0.3 is 0 Å². The maximum absolute atomic E-state index is 11.3. The van der Waals surface area contributed by atoms with Crippen LogP contribution < -0.4 is 15.8 Å². The van der Waals surface area contributed by atoms with Gasteiger partial charge in [-0.1, -0.05) is 19.3 Å². The number of benzene rings is 1. The first-order chi connectivity index (χ1) is 9.38. The fourth-order valence-electron chi connectivity index (χ4n) is 2.89. The Morgan fingerprint density at radius 1 is 1.25 bits per heavy atom. The third kappa shape index (κ3) is 3.64. The van der Waals surface area contributed by atoms with Crippen LogP contribution in [0.15, 0.2) is 23.1 Å². The molecule has 0 atom stereocenters. The average Bonchev–Trinajstić information content (AvgIpc) is 2.38. The predicted molar refractivity (Wildman–Crippen MR) is 82.1 cm³/mol. The Bertz CT molecular complexity index is 566. The topological polar surface area (TPSA) is 89.4 Å². The van der Waals surface area contributed by atoms with E-state index in [1.54, 1.807) is 12.1 Å². The predicted octanol–water partition coefficient (Wildman–Crippen LogP) is 1.93. The standard InChI is InChI=1S/C14H23N3O2S/c1-17(10-11-5-3-2-4-6-11)12-7-8-14(13(15)9-12)20(16,18)19/h7-9,11H,2-6,10,15H2,1H3,(H2,16,18,19). The van der Waals surface area contributed by atoms with E-state index in [0.717, 1.165) is 12.2 Å². The highest BCUT2D eigenvalue weighted by molar-refractivity contribution is 7.89. The lowest BCUT2D eigenvalue weighted by atomic mass is 9.89. The van der Waals surface area contributed by atoms with E-state index in [1.807, 2.05) is 7.05 Å². The van der Waals surface area contributed by atoms with Crippen molar-refractivity contribution < 1.29 is 8.42 Å². The zero-order chi connectivity index (χ0) is 14.8. The van der Waals surface area contributed by atoms with Crippen molar-refractivity contribution in [2.24, 2.45) is 11.1 Å². The number of nitrogen functional groups attached to an aromatic ring is 1. The average molecular weight is 297 g/mol. The molecule has 0 bridgehead atoms. The van der Waals surface area contributed by atoms with Gasteiger partial charge in [-0.05, 0) is 37.0 Å². The molecular formula is C14H23N3O2S. The molecule has 0 unspecified atom stereocenters. The van der Waals surface area contributed by atoms with Gasteiger partial charge in [-0.3, -0.25) is 0 Å². The molecule has 0 saturated heterocycles. The fourth-order valence-corrected chi connectivity index (χ4v) is 3.54. The fraction of sp³-hybridized carbons (Fsp3) is 0.571. The van der Waals surface area contributed by atoms with Crippen LogP contribution in [0.5, 0.6) is 0 Å². The van der Waals surface area contributed by atoms with E-state index in [2.05, 4.69) is 4.90 Å². The maximum atomic E-state index is 11.3. The monoisotopic (exact) mass is 297 g/mol. The first kappa shape index (κ1) is 15.1. The lowest BCUT2D eigenvalue weighted by molar-refractivity contribution is 0.362.